The molecule has 27 heavy (non-hydrogen) atoms. The first kappa shape index (κ1) is 18.3. The number of ketones is 1. The van der Waals surface area contributed by atoms with Crippen molar-refractivity contribution in [1.82, 2.24) is 4.98 Å². The molecule has 0 aliphatic rings. The Morgan fingerprint density at radius 2 is 1.74 bits per heavy atom. The first-order valence-electron chi connectivity index (χ1n) is 8.48. The van der Waals surface area contributed by atoms with E-state index in [9.17, 15) is 9.59 Å². The van der Waals surface area contributed by atoms with Crippen LogP contribution in [-0.2, 0) is 11.3 Å². The Bertz CT molecular complexity index is 967. The van der Waals surface area contributed by atoms with Gasteiger partial charge < -0.3 is 9.47 Å². The average Bonchev–Trinajstić information content (AvgIpc) is 2.69. The van der Waals surface area contributed by atoms with Crippen LogP contribution in [0.25, 0.3) is 0 Å². The summed E-state index contributed by atoms with van der Waals surface area (Å²) in [5.41, 5.74) is 2.65. The van der Waals surface area contributed by atoms with Gasteiger partial charge in [0.25, 0.3) is 0 Å². The molecule has 0 fully saturated rings. The zero-order valence-electron chi connectivity index (χ0n) is 15.1. The fourth-order valence-electron chi connectivity index (χ4n) is 2.48. The van der Waals surface area contributed by atoms with Gasteiger partial charge in [0, 0.05) is 18.0 Å². The molecule has 136 valence electrons. The van der Waals surface area contributed by atoms with Crippen molar-refractivity contribution in [1.29, 1.82) is 0 Å². The summed E-state index contributed by atoms with van der Waals surface area (Å²) < 4.78 is 11.2. The lowest BCUT2D eigenvalue weighted by molar-refractivity contribution is 0.0472. The van der Waals surface area contributed by atoms with E-state index < -0.39 is 5.97 Å². The van der Waals surface area contributed by atoms with Crippen LogP contribution < -0.4 is 4.74 Å². The highest BCUT2D eigenvalue weighted by atomic mass is 16.5. The monoisotopic (exact) mass is 361 g/mol. The number of esters is 1. The molecule has 1 heterocycles. The molecule has 5 heteroatoms. The van der Waals surface area contributed by atoms with E-state index in [0.717, 1.165) is 11.1 Å². The van der Waals surface area contributed by atoms with E-state index >= 15 is 0 Å². The van der Waals surface area contributed by atoms with Gasteiger partial charge in [-0.2, -0.15) is 0 Å². The Kier molecular flexibility index (Phi) is 5.61. The molecule has 2 aromatic carbocycles. The summed E-state index contributed by atoms with van der Waals surface area (Å²) in [7, 11) is 0. The summed E-state index contributed by atoms with van der Waals surface area (Å²) in [4.78, 5) is 27.8. The van der Waals surface area contributed by atoms with Crippen molar-refractivity contribution in [3.8, 4) is 11.5 Å². The van der Waals surface area contributed by atoms with Crippen molar-refractivity contribution in [2.75, 3.05) is 0 Å². The molecule has 3 aromatic rings. The second-order valence-electron chi connectivity index (χ2n) is 6.10. The number of ether oxygens (including phenoxy) is 2. The number of rotatable bonds is 6. The van der Waals surface area contributed by atoms with Crippen LogP contribution >= 0.6 is 0 Å². The SMILES string of the molecule is CC(=O)c1cccc(COC(=O)c2ccc(C)c(Oc3ccncc3)c2)c1. The molecule has 0 N–H and O–H groups in total. The minimum absolute atomic E-state index is 0.0281. The molecule has 5 nitrogen and oxygen atoms in total. The molecule has 0 unspecified atom stereocenters. The second kappa shape index (κ2) is 8.27. The predicted molar refractivity (Wildman–Crippen MR) is 101 cm³/mol. The third kappa shape index (κ3) is 4.79. The van der Waals surface area contributed by atoms with E-state index in [0.29, 0.717) is 22.6 Å². The van der Waals surface area contributed by atoms with Crippen LogP contribution in [0.3, 0.4) is 0 Å². The maximum absolute atomic E-state index is 12.4. The third-order valence-electron chi connectivity index (χ3n) is 4.00. The van der Waals surface area contributed by atoms with E-state index in [-0.39, 0.29) is 12.4 Å². The molecular weight excluding hydrogens is 342 g/mol. The van der Waals surface area contributed by atoms with Gasteiger partial charge in [-0.05, 0) is 55.3 Å². The fraction of sp³-hybridized carbons (Fsp3) is 0.136. The third-order valence-corrected chi connectivity index (χ3v) is 4.00. The van der Waals surface area contributed by atoms with Crippen LogP contribution in [0.1, 0.15) is 38.8 Å². The van der Waals surface area contributed by atoms with Gasteiger partial charge in [-0.15, -0.1) is 0 Å². The summed E-state index contributed by atoms with van der Waals surface area (Å²) in [6, 6.07) is 15.7. The predicted octanol–water partition coefficient (Wildman–Crippen LogP) is 4.74. The zero-order valence-corrected chi connectivity index (χ0v) is 15.1. The van der Waals surface area contributed by atoms with E-state index in [4.69, 9.17) is 9.47 Å². The van der Waals surface area contributed by atoms with Crippen LogP contribution in [0.15, 0.2) is 67.0 Å². The fourth-order valence-corrected chi connectivity index (χ4v) is 2.48. The average molecular weight is 361 g/mol. The van der Waals surface area contributed by atoms with Gasteiger partial charge in [-0.25, -0.2) is 4.79 Å². The number of hydrogen-bond acceptors (Lipinski definition) is 5. The Balaban J connectivity index is 1.70. The first-order chi connectivity index (χ1) is 13.0. The molecule has 0 saturated heterocycles. The molecule has 0 radical (unpaired) electrons. The lowest BCUT2D eigenvalue weighted by atomic mass is 10.1. The number of benzene rings is 2. The zero-order chi connectivity index (χ0) is 19.2. The van der Waals surface area contributed by atoms with Crippen molar-refractivity contribution >= 4 is 11.8 Å². The highest BCUT2D eigenvalue weighted by Crippen LogP contribution is 2.26. The number of aryl methyl sites for hydroxylation is 1. The highest BCUT2D eigenvalue weighted by Gasteiger charge is 2.12. The highest BCUT2D eigenvalue weighted by molar-refractivity contribution is 5.94. The van der Waals surface area contributed by atoms with E-state index in [1.165, 1.54) is 6.92 Å². The molecule has 0 amide bonds. The van der Waals surface area contributed by atoms with Crippen LogP contribution in [0.5, 0.6) is 11.5 Å². The quantitative estimate of drug-likeness (QED) is 0.468. The van der Waals surface area contributed by atoms with Gasteiger partial charge in [0.15, 0.2) is 5.78 Å². The number of nitrogens with zero attached hydrogens (tertiary/aromatic N) is 1. The minimum Gasteiger partial charge on any atom is -0.457 e. The largest absolute Gasteiger partial charge is 0.457 e. The summed E-state index contributed by atoms with van der Waals surface area (Å²) in [5, 5.41) is 0. The Morgan fingerprint density at radius 1 is 0.963 bits per heavy atom. The molecular formula is C22H19NO4. The van der Waals surface area contributed by atoms with E-state index in [2.05, 4.69) is 4.98 Å². The van der Waals surface area contributed by atoms with Crippen LogP contribution in [0.2, 0.25) is 0 Å². The van der Waals surface area contributed by atoms with Gasteiger partial charge in [0.1, 0.15) is 18.1 Å². The van der Waals surface area contributed by atoms with Gasteiger partial charge in [0.2, 0.25) is 0 Å². The van der Waals surface area contributed by atoms with Gasteiger partial charge >= 0.3 is 5.97 Å². The Hall–Kier alpha value is -3.47. The number of pyridine rings is 1. The Labute approximate surface area is 157 Å². The normalized spacial score (nSPS) is 10.3. The summed E-state index contributed by atoms with van der Waals surface area (Å²) in [6.45, 7) is 3.50. The molecule has 3 rings (SSSR count). The molecule has 0 saturated carbocycles. The van der Waals surface area contributed by atoms with Crippen molar-refractivity contribution in [3.63, 3.8) is 0 Å². The Morgan fingerprint density at radius 3 is 2.48 bits per heavy atom. The van der Waals surface area contributed by atoms with Crippen molar-refractivity contribution in [2.24, 2.45) is 0 Å². The summed E-state index contributed by atoms with van der Waals surface area (Å²) >= 11 is 0. The maximum atomic E-state index is 12.4. The number of hydrogen-bond donors (Lipinski definition) is 0. The van der Waals surface area contributed by atoms with Crippen molar-refractivity contribution < 1.29 is 19.1 Å². The number of carbonyl (C=O) groups excluding carboxylic acids is 2. The first-order valence-corrected chi connectivity index (χ1v) is 8.48. The number of carbonyl (C=O) groups is 2. The molecule has 0 bridgehead atoms. The molecule has 0 atom stereocenters. The smallest absolute Gasteiger partial charge is 0.338 e. The van der Waals surface area contributed by atoms with Gasteiger partial charge in [-0.3, -0.25) is 9.78 Å². The van der Waals surface area contributed by atoms with E-state index in [1.807, 2.05) is 19.1 Å². The molecule has 0 spiro atoms. The van der Waals surface area contributed by atoms with Crippen molar-refractivity contribution in [2.45, 2.75) is 20.5 Å². The van der Waals surface area contributed by atoms with Crippen LogP contribution in [0, 0.1) is 6.92 Å². The lowest BCUT2D eigenvalue weighted by Gasteiger charge is -2.11. The van der Waals surface area contributed by atoms with Gasteiger partial charge in [0.05, 0.1) is 5.56 Å². The number of Topliss-reactive ketones (excluding diaryl/α,β-unsaturated/α-hetero) is 1. The molecule has 1 aromatic heterocycles. The minimum atomic E-state index is -0.456. The topological polar surface area (TPSA) is 65.5 Å². The van der Waals surface area contributed by atoms with Gasteiger partial charge in [-0.1, -0.05) is 24.3 Å². The summed E-state index contributed by atoms with van der Waals surface area (Å²) in [6.07, 6.45) is 3.27. The molecule has 0 aliphatic heterocycles. The number of aromatic nitrogens is 1. The van der Waals surface area contributed by atoms with Crippen LogP contribution in [0.4, 0.5) is 0 Å². The van der Waals surface area contributed by atoms with Crippen LogP contribution in [-0.4, -0.2) is 16.7 Å². The summed E-state index contributed by atoms with van der Waals surface area (Å²) in [5.74, 6) is 0.733. The maximum Gasteiger partial charge on any atom is 0.338 e. The standard InChI is InChI=1S/C22H19NO4/c1-15-6-7-19(13-21(15)27-20-8-10-23-11-9-20)22(25)26-14-17-4-3-5-18(12-17)16(2)24/h3-13H,14H2,1-2H3. The van der Waals surface area contributed by atoms with E-state index in [1.54, 1.807) is 54.9 Å². The van der Waals surface area contributed by atoms with Crippen molar-refractivity contribution in [3.05, 3.63) is 89.2 Å². The lowest BCUT2D eigenvalue weighted by Crippen LogP contribution is -2.06. The second-order valence-corrected chi connectivity index (χ2v) is 6.10. The molecule has 0 aliphatic carbocycles.